The van der Waals surface area contributed by atoms with Gasteiger partial charge in [0, 0.05) is 10.6 Å². The van der Waals surface area contributed by atoms with E-state index in [2.05, 4.69) is 31.2 Å². The van der Waals surface area contributed by atoms with Crippen LogP contribution in [-0.2, 0) is 0 Å². The second-order valence-corrected chi connectivity index (χ2v) is 3.55. The number of rotatable bonds is 3. The summed E-state index contributed by atoms with van der Waals surface area (Å²) in [6.45, 7) is 1.98. The molecule has 0 aliphatic rings. The first-order valence-corrected chi connectivity index (χ1v) is 4.92. The van der Waals surface area contributed by atoms with Gasteiger partial charge in [-0.05, 0) is 29.0 Å². The summed E-state index contributed by atoms with van der Waals surface area (Å²) in [5.74, 6) is 0.375. The third kappa shape index (κ3) is 2.54. The lowest BCUT2D eigenvalue weighted by molar-refractivity contribution is 0.881. The number of halogens is 1. The van der Waals surface area contributed by atoms with E-state index in [4.69, 9.17) is 11.6 Å². The fourth-order valence-corrected chi connectivity index (χ4v) is 1.39. The molecule has 6 nitrogen and oxygen atoms in total. The van der Waals surface area contributed by atoms with Gasteiger partial charge >= 0.3 is 0 Å². The van der Waals surface area contributed by atoms with E-state index in [9.17, 15) is 0 Å². The molecule has 0 aliphatic carbocycles. The van der Waals surface area contributed by atoms with Crippen molar-refractivity contribution in [3.63, 3.8) is 0 Å². The lowest BCUT2D eigenvalue weighted by atomic mass is 10.2. The van der Waals surface area contributed by atoms with E-state index in [-0.39, 0.29) is 0 Å². The molecule has 2 N–H and O–H groups in total. The van der Waals surface area contributed by atoms with Crippen LogP contribution in [0.25, 0.3) is 0 Å². The summed E-state index contributed by atoms with van der Waals surface area (Å²) < 4.78 is 0. The van der Waals surface area contributed by atoms with Gasteiger partial charge in [0.05, 0.1) is 6.21 Å². The summed E-state index contributed by atoms with van der Waals surface area (Å²) in [4.78, 5) is 0. The van der Waals surface area contributed by atoms with Gasteiger partial charge in [-0.2, -0.15) is 5.10 Å². The molecule has 82 valence electrons. The van der Waals surface area contributed by atoms with Crippen molar-refractivity contribution < 1.29 is 0 Å². The Bertz CT molecular complexity index is 493. The van der Waals surface area contributed by atoms with Crippen LogP contribution in [0.5, 0.6) is 0 Å². The van der Waals surface area contributed by atoms with Crippen molar-refractivity contribution in [3.05, 3.63) is 34.3 Å². The first-order valence-electron chi connectivity index (χ1n) is 4.54. The number of nitrogens with zero attached hydrogens (tertiary/aromatic N) is 4. The molecule has 1 aromatic heterocycles. The third-order valence-corrected chi connectivity index (χ3v) is 2.20. The molecule has 7 heteroatoms. The molecular weight excluding hydrogens is 228 g/mol. The SMILES string of the molecule is Cc1ccc(/C=N/Nc2nnn[nH]2)c(Cl)c1. The van der Waals surface area contributed by atoms with Crippen LogP contribution >= 0.6 is 11.6 Å². The minimum Gasteiger partial charge on any atom is -0.244 e. The van der Waals surface area contributed by atoms with Gasteiger partial charge in [-0.15, -0.1) is 0 Å². The number of H-pyrrole nitrogens is 1. The van der Waals surface area contributed by atoms with Gasteiger partial charge in [0.25, 0.3) is 5.95 Å². The number of anilines is 1. The summed E-state index contributed by atoms with van der Waals surface area (Å²) >= 11 is 6.02. The molecule has 0 aliphatic heterocycles. The van der Waals surface area contributed by atoms with Gasteiger partial charge in [-0.1, -0.05) is 28.8 Å². The standard InChI is InChI=1S/C9H9ClN6/c1-6-2-3-7(8(10)4-6)5-11-12-9-13-15-16-14-9/h2-5H,1H3,(H2,12,13,14,15,16)/b11-5+. The van der Waals surface area contributed by atoms with E-state index in [1.807, 2.05) is 25.1 Å². The van der Waals surface area contributed by atoms with Crippen molar-refractivity contribution in [3.8, 4) is 0 Å². The number of aryl methyl sites for hydroxylation is 1. The molecule has 2 aromatic rings. The van der Waals surface area contributed by atoms with Gasteiger partial charge in [-0.3, -0.25) is 0 Å². The maximum absolute atomic E-state index is 6.02. The number of hydrazone groups is 1. The van der Waals surface area contributed by atoms with Crippen molar-refractivity contribution in [2.24, 2.45) is 5.10 Å². The minimum absolute atomic E-state index is 0.375. The van der Waals surface area contributed by atoms with E-state index in [0.717, 1.165) is 11.1 Å². The highest BCUT2D eigenvalue weighted by Crippen LogP contribution is 2.15. The highest BCUT2D eigenvalue weighted by Gasteiger charge is 1.97. The quantitative estimate of drug-likeness (QED) is 0.627. The largest absolute Gasteiger partial charge is 0.260 e. The van der Waals surface area contributed by atoms with Crippen LogP contribution in [0.15, 0.2) is 23.3 Å². The molecule has 0 fully saturated rings. The monoisotopic (exact) mass is 236 g/mol. The topological polar surface area (TPSA) is 78.8 Å². The van der Waals surface area contributed by atoms with Crippen LogP contribution in [0.1, 0.15) is 11.1 Å². The molecule has 0 saturated carbocycles. The summed E-state index contributed by atoms with van der Waals surface area (Å²) in [6.07, 6.45) is 1.60. The number of nitrogens with one attached hydrogen (secondary N) is 2. The maximum Gasteiger partial charge on any atom is 0.260 e. The predicted molar refractivity (Wildman–Crippen MR) is 61.6 cm³/mol. The van der Waals surface area contributed by atoms with Crippen molar-refractivity contribution in [1.29, 1.82) is 0 Å². The highest BCUT2D eigenvalue weighted by molar-refractivity contribution is 6.33. The van der Waals surface area contributed by atoms with E-state index >= 15 is 0 Å². The number of aromatic amines is 1. The van der Waals surface area contributed by atoms with Crippen LogP contribution < -0.4 is 5.43 Å². The number of tetrazole rings is 1. The third-order valence-electron chi connectivity index (χ3n) is 1.88. The zero-order valence-electron chi connectivity index (χ0n) is 8.48. The molecule has 1 aromatic carbocycles. The van der Waals surface area contributed by atoms with Crippen LogP contribution in [-0.4, -0.2) is 26.8 Å². The average Bonchev–Trinajstić information content (AvgIpc) is 2.74. The van der Waals surface area contributed by atoms with Crippen LogP contribution in [0.2, 0.25) is 5.02 Å². The Morgan fingerprint density at radius 3 is 3.06 bits per heavy atom. The molecular formula is C9H9ClN6. The number of hydrogen-bond acceptors (Lipinski definition) is 5. The van der Waals surface area contributed by atoms with E-state index in [1.165, 1.54) is 0 Å². The minimum atomic E-state index is 0.375. The average molecular weight is 237 g/mol. The van der Waals surface area contributed by atoms with E-state index in [0.29, 0.717) is 11.0 Å². The smallest absolute Gasteiger partial charge is 0.244 e. The number of benzene rings is 1. The van der Waals surface area contributed by atoms with Crippen molar-refractivity contribution in [2.75, 3.05) is 5.43 Å². The lowest BCUT2D eigenvalue weighted by Crippen LogP contribution is -1.93. The number of aromatic nitrogens is 4. The summed E-state index contributed by atoms with van der Waals surface area (Å²) in [5.41, 5.74) is 4.57. The van der Waals surface area contributed by atoms with E-state index in [1.54, 1.807) is 6.21 Å². The van der Waals surface area contributed by atoms with Crippen LogP contribution in [0, 0.1) is 6.92 Å². The molecule has 0 spiro atoms. The Morgan fingerprint density at radius 1 is 1.50 bits per heavy atom. The summed E-state index contributed by atoms with van der Waals surface area (Å²) in [5, 5.41) is 17.5. The second kappa shape index (κ2) is 4.71. The van der Waals surface area contributed by atoms with Gasteiger partial charge in [-0.25, -0.2) is 10.5 Å². The number of hydrogen-bond donors (Lipinski definition) is 2. The molecule has 0 amide bonds. The van der Waals surface area contributed by atoms with Crippen molar-refractivity contribution in [2.45, 2.75) is 6.92 Å². The normalized spacial score (nSPS) is 10.9. The molecule has 16 heavy (non-hydrogen) atoms. The highest BCUT2D eigenvalue weighted by atomic mass is 35.5. The molecule has 0 radical (unpaired) electrons. The Labute approximate surface area is 96.7 Å². The molecule has 0 unspecified atom stereocenters. The van der Waals surface area contributed by atoms with Crippen LogP contribution in [0.3, 0.4) is 0 Å². The molecule has 0 atom stereocenters. The Morgan fingerprint density at radius 2 is 2.38 bits per heavy atom. The Kier molecular flexibility index (Phi) is 3.11. The van der Waals surface area contributed by atoms with Gasteiger partial charge in [0.15, 0.2) is 0 Å². The summed E-state index contributed by atoms with van der Waals surface area (Å²) in [7, 11) is 0. The zero-order chi connectivity index (χ0) is 11.4. The zero-order valence-corrected chi connectivity index (χ0v) is 9.23. The second-order valence-electron chi connectivity index (χ2n) is 3.14. The fourth-order valence-electron chi connectivity index (χ4n) is 1.11. The summed E-state index contributed by atoms with van der Waals surface area (Å²) in [6, 6.07) is 5.73. The molecule has 0 bridgehead atoms. The molecule has 2 rings (SSSR count). The molecule has 1 heterocycles. The maximum atomic E-state index is 6.02. The fraction of sp³-hybridized carbons (Fsp3) is 0.111. The Balaban J connectivity index is 2.06. The van der Waals surface area contributed by atoms with Crippen molar-refractivity contribution in [1.82, 2.24) is 20.6 Å². The van der Waals surface area contributed by atoms with Gasteiger partial charge in [0.2, 0.25) is 0 Å². The van der Waals surface area contributed by atoms with Crippen LogP contribution in [0.4, 0.5) is 5.95 Å². The Hall–Kier alpha value is -1.95. The van der Waals surface area contributed by atoms with E-state index < -0.39 is 0 Å². The first-order chi connectivity index (χ1) is 7.75. The first kappa shape index (κ1) is 10.6. The lowest BCUT2D eigenvalue weighted by Gasteiger charge is -1.98. The van der Waals surface area contributed by atoms with Gasteiger partial charge in [0.1, 0.15) is 0 Å². The molecule has 0 saturated heterocycles. The van der Waals surface area contributed by atoms with Crippen molar-refractivity contribution >= 4 is 23.8 Å². The van der Waals surface area contributed by atoms with Gasteiger partial charge < -0.3 is 0 Å². The predicted octanol–water partition coefficient (Wildman–Crippen LogP) is 1.61.